The molecule has 1 aliphatic heterocycles. The van der Waals surface area contributed by atoms with E-state index in [4.69, 9.17) is 0 Å². The summed E-state index contributed by atoms with van der Waals surface area (Å²) >= 11 is 0. The molecule has 1 saturated heterocycles. The molecule has 0 aromatic carbocycles. The number of nitrogens with zero attached hydrogens (tertiary/aromatic N) is 2. The lowest BCUT2D eigenvalue weighted by Crippen LogP contribution is -2.45. The van der Waals surface area contributed by atoms with E-state index in [0.717, 1.165) is 13.1 Å². The number of likely N-dealkylation sites (N-methyl/N-ethyl adjacent to an activating group) is 1. The summed E-state index contributed by atoms with van der Waals surface area (Å²) in [7, 11) is 0. The molecule has 3 heteroatoms. The van der Waals surface area contributed by atoms with Crippen LogP contribution in [0.2, 0.25) is 0 Å². The van der Waals surface area contributed by atoms with Crippen LogP contribution < -0.4 is 10.2 Å². The van der Waals surface area contributed by atoms with Crippen molar-refractivity contribution in [1.29, 1.82) is 0 Å². The molecule has 82 valence electrons. The second-order valence-electron chi connectivity index (χ2n) is 4.05. The number of hydrogen-bond donors (Lipinski definition) is 1. The lowest BCUT2D eigenvalue weighted by molar-refractivity contribution is 0.431. The minimum absolute atomic E-state index is 0.650. The van der Waals surface area contributed by atoms with E-state index < -0.39 is 0 Å². The van der Waals surface area contributed by atoms with Gasteiger partial charge < -0.3 is 10.2 Å². The van der Waals surface area contributed by atoms with Crippen LogP contribution in [-0.4, -0.2) is 30.7 Å². The third kappa shape index (κ3) is 2.69. The van der Waals surface area contributed by atoms with Crippen LogP contribution in [0.25, 0.3) is 0 Å². The number of aromatic nitrogens is 1. The Labute approximate surface area is 91.5 Å². The monoisotopic (exact) mass is 205 g/mol. The van der Waals surface area contributed by atoms with Crippen LogP contribution in [0.15, 0.2) is 24.5 Å². The Morgan fingerprint density at radius 1 is 1.47 bits per heavy atom. The Bertz CT molecular complexity index is 284. The highest BCUT2D eigenvalue weighted by Gasteiger charge is 2.18. The molecule has 0 saturated carbocycles. The summed E-state index contributed by atoms with van der Waals surface area (Å²) in [6.07, 6.45) is 6.31. The van der Waals surface area contributed by atoms with Gasteiger partial charge in [0.15, 0.2) is 0 Å². The summed E-state index contributed by atoms with van der Waals surface area (Å²) in [5.41, 5.74) is 1.30. The van der Waals surface area contributed by atoms with E-state index in [1.54, 1.807) is 0 Å². The predicted octanol–water partition coefficient (Wildman–Crippen LogP) is 1.66. The molecule has 1 atom stereocenters. The van der Waals surface area contributed by atoms with Crippen molar-refractivity contribution in [3.8, 4) is 0 Å². The molecule has 0 bridgehead atoms. The number of pyridine rings is 1. The third-order valence-corrected chi connectivity index (χ3v) is 2.94. The van der Waals surface area contributed by atoms with E-state index in [1.807, 2.05) is 12.4 Å². The second kappa shape index (κ2) is 5.12. The molecule has 0 aliphatic carbocycles. The standard InChI is InChI=1S/C12H19N3/c1-2-14-11-4-3-9-15(10-11)12-5-7-13-8-6-12/h5-8,11,14H,2-4,9-10H2,1H3. The fourth-order valence-electron chi connectivity index (χ4n) is 2.22. The molecule has 0 radical (unpaired) electrons. The van der Waals surface area contributed by atoms with Gasteiger partial charge in [-0.15, -0.1) is 0 Å². The first-order valence-electron chi connectivity index (χ1n) is 5.78. The summed E-state index contributed by atoms with van der Waals surface area (Å²) in [6.45, 7) is 5.53. The van der Waals surface area contributed by atoms with E-state index in [2.05, 4.69) is 34.3 Å². The Morgan fingerprint density at radius 2 is 2.27 bits per heavy atom. The Balaban J connectivity index is 1.98. The summed E-state index contributed by atoms with van der Waals surface area (Å²) in [4.78, 5) is 6.50. The maximum atomic E-state index is 4.05. The van der Waals surface area contributed by atoms with Gasteiger partial charge in [0.05, 0.1) is 0 Å². The van der Waals surface area contributed by atoms with Gasteiger partial charge in [-0.05, 0) is 31.5 Å². The lowest BCUT2D eigenvalue weighted by Gasteiger charge is -2.34. The van der Waals surface area contributed by atoms with Crippen LogP contribution in [0.5, 0.6) is 0 Å². The summed E-state index contributed by atoms with van der Waals surface area (Å²) < 4.78 is 0. The molecule has 15 heavy (non-hydrogen) atoms. The molecular weight excluding hydrogens is 186 g/mol. The van der Waals surface area contributed by atoms with Gasteiger partial charge in [-0.1, -0.05) is 6.92 Å². The average Bonchev–Trinajstić information content (AvgIpc) is 2.31. The van der Waals surface area contributed by atoms with Gasteiger partial charge in [-0.25, -0.2) is 0 Å². The molecule has 1 N–H and O–H groups in total. The number of piperidine rings is 1. The van der Waals surface area contributed by atoms with Crippen LogP contribution in [0.4, 0.5) is 5.69 Å². The first kappa shape index (κ1) is 10.4. The van der Waals surface area contributed by atoms with Crippen molar-refractivity contribution < 1.29 is 0 Å². The van der Waals surface area contributed by atoms with Crippen LogP contribution in [-0.2, 0) is 0 Å². The summed E-state index contributed by atoms with van der Waals surface area (Å²) in [6, 6.07) is 4.83. The van der Waals surface area contributed by atoms with Crippen molar-refractivity contribution >= 4 is 5.69 Å². The van der Waals surface area contributed by atoms with Crippen LogP contribution in [0.3, 0.4) is 0 Å². The first-order chi connectivity index (χ1) is 7.40. The van der Waals surface area contributed by atoms with Gasteiger partial charge in [0.1, 0.15) is 0 Å². The van der Waals surface area contributed by atoms with Gasteiger partial charge in [0.2, 0.25) is 0 Å². The van der Waals surface area contributed by atoms with Crippen molar-refractivity contribution in [1.82, 2.24) is 10.3 Å². The fraction of sp³-hybridized carbons (Fsp3) is 0.583. The topological polar surface area (TPSA) is 28.2 Å². The third-order valence-electron chi connectivity index (χ3n) is 2.94. The van der Waals surface area contributed by atoms with Gasteiger partial charge in [-0.3, -0.25) is 4.98 Å². The zero-order valence-corrected chi connectivity index (χ0v) is 9.32. The molecule has 1 aromatic heterocycles. The smallest absolute Gasteiger partial charge is 0.0397 e. The predicted molar refractivity (Wildman–Crippen MR) is 63.1 cm³/mol. The Hall–Kier alpha value is -1.09. The van der Waals surface area contributed by atoms with Crippen molar-refractivity contribution in [2.75, 3.05) is 24.5 Å². The van der Waals surface area contributed by atoms with E-state index in [1.165, 1.54) is 25.1 Å². The number of rotatable bonds is 3. The van der Waals surface area contributed by atoms with Crippen molar-refractivity contribution in [2.45, 2.75) is 25.8 Å². The molecular formula is C12H19N3. The normalized spacial score (nSPS) is 21.7. The van der Waals surface area contributed by atoms with Crippen LogP contribution >= 0.6 is 0 Å². The molecule has 1 fully saturated rings. The van der Waals surface area contributed by atoms with Crippen molar-refractivity contribution in [3.05, 3.63) is 24.5 Å². The van der Waals surface area contributed by atoms with E-state index in [9.17, 15) is 0 Å². The van der Waals surface area contributed by atoms with Gasteiger partial charge in [0.25, 0.3) is 0 Å². The highest BCUT2D eigenvalue weighted by molar-refractivity contribution is 5.45. The highest BCUT2D eigenvalue weighted by atomic mass is 15.2. The van der Waals surface area contributed by atoms with E-state index in [-0.39, 0.29) is 0 Å². The van der Waals surface area contributed by atoms with E-state index >= 15 is 0 Å². The zero-order valence-electron chi connectivity index (χ0n) is 9.32. The van der Waals surface area contributed by atoms with Crippen LogP contribution in [0.1, 0.15) is 19.8 Å². The fourth-order valence-corrected chi connectivity index (χ4v) is 2.22. The van der Waals surface area contributed by atoms with E-state index in [0.29, 0.717) is 6.04 Å². The Kier molecular flexibility index (Phi) is 3.56. The molecule has 3 nitrogen and oxygen atoms in total. The van der Waals surface area contributed by atoms with Crippen molar-refractivity contribution in [3.63, 3.8) is 0 Å². The van der Waals surface area contributed by atoms with Gasteiger partial charge in [-0.2, -0.15) is 0 Å². The minimum Gasteiger partial charge on any atom is -0.370 e. The number of nitrogens with one attached hydrogen (secondary N) is 1. The van der Waals surface area contributed by atoms with Crippen LogP contribution in [0, 0.1) is 0 Å². The molecule has 2 rings (SSSR count). The molecule has 0 amide bonds. The molecule has 2 heterocycles. The maximum Gasteiger partial charge on any atom is 0.0397 e. The lowest BCUT2D eigenvalue weighted by atomic mass is 10.1. The first-order valence-corrected chi connectivity index (χ1v) is 5.78. The quantitative estimate of drug-likeness (QED) is 0.813. The second-order valence-corrected chi connectivity index (χ2v) is 4.05. The molecule has 1 aliphatic rings. The molecule has 0 spiro atoms. The molecule has 1 aromatic rings. The van der Waals surface area contributed by atoms with Crippen molar-refractivity contribution in [2.24, 2.45) is 0 Å². The van der Waals surface area contributed by atoms with Gasteiger partial charge >= 0.3 is 0 Å². The highest BCUT2D eigenvalue weighted by Crippen LogP contribution is 2.18. The maximum absolute atomic E-state index is 4.05. The SMILES string of the molecule is CCNC1CCCN(c2ccncc2)C1. The largest absolute Gasteiger partial charge is 0.370 e. The number of hydrogen-bond acceptors (Lipinski definition) is 3. The summed E-state index contributed by atoms with van der Waals surface area (Å²) in [5, 5.41) is 3.53. The number of anilines is 1. The minimum atomic E-state index is 0.650. The molecule has 1 unspecified atom stereocenters. The zero-order chi connectivity index (χ0) is 10.5. The Morgan fingerprint density at radius 3 is 3.00 bits per heavy atom. The van der Waals surface area contributed by atoms with Gasteiger partial charge in [0, 0.05) is 37.2 Å². The average molecular weight is 205 g/mol. The summed E-state index contributed by atoms with van der Waals surface area (Å²) in [5.74, 6) is 0.